The summed E-state index contributed by atoms with van der Waals surface area (Å²) in [6, 6.07) is 0. The number of rotatable bonds is 33. The van der Waals surface area contributed by atoms with Crippen LogP contribution < -0.4 is 0 Å². The first-order chi connectivity index (χ1) is 23.2. The van der Waals surface area contributed by atoms with E-state index in [9.17, 15) is 24.0 Å². The van der Waals surface area contributed by atoms with Crippen molar-refractivity contribution >= 4 is 80.4 Å². The third-order valence-corrected chi connectivity index (χ3v) is 7.23. The standard InChI is InChI=1S/C31H54O13S4/c32-27(43-19-18-38-25(5-14-39-28(33)9-20-45)6-15-40-29(34)10-21-46)4-2-1-3-13-37-24-44-26(7-16-41-30(35)11-22-47)8-17-42-31(36)12-23-48/h25-26,45-48H,1-24H2. The van der Waals surface area contributed by atoms with E-state index in [-0.39, 0.29) is 121 Å². The maximum atomic E-state index is 12.1. The van der Waals surface area contributed by atoms with Crippen molar-refractivity contribution in [2.75, 3.05) is 76.1 Å². The Morgan fingerprint density at radius 3 is 1.19 bits per heavy atom. The predicted molar refractivity (Wildman–Crippen MR) is 191 cm³/mol. The van der Waals surface area contributed by atoms with Gasteiger partial charge in [0.1, 0.15) is 13.4 Å². The fraction of sp³-hybridized carbons (Fsp3) is 0.839. The first-order valence-electron chi connectivity index (χ1n) is 16.3. The molecule has 0 N–H and O–H groups in total. The molecule has 0 bridgehead atoms. The summed E-state index contributed by atoms with van der Waals surface area (Å²) in [4.78, 5) is 58.4. The molecule has 0 saturated carbocycles. The van der Waals surface area contributed by atoms with Crippen LogP contribution in [0.3, 0.4) is 0 Å². The van der Waals surface area contributed by atoms with Crippen molar-refractivity contribution in [1.29, 1.82) is 0 Å². The zero-order valence-corrected chi connectivity index (χ0v) is 31.3. The van der Waals surface area contributed by atoms with Gasteiger partial charge in [0, 0.05) is 61.7 Å². The average Bonchev–Trinajstić information content (AvgIpc) is 3.04. The van der Waals surface area contributed by atoms with E-state index in [0.29, 0.717) is 68.1 Å². The second-order valence-corrected chi connectivity index (χ2v) is 12.1. The lowest BCUT2D eigenvalue weighted by atomic mass is 10.2. The van der Waals surface area contributed by atoms with Gasteiger partial charge in [-0.15, -0.1) is 0 Å². The van der Waals surface area contributed by atoms with Gasteiger partial charge < -0.3 is 37.9 Å². The summed E-state index contributed by atoms with van der Waals surface area (Å²) >= 11 is 16.0. The highest BCUT2D eigenvalue weighted by molar-refractivity contribution is 7.80. The summed E-state index contributed by atoms with van der Waals surface area (Å²) in [6.07, 6.45) is 4.21. The summed E-state index contributed by atoms with van der Waals surface area (Å²) in [7, 11) is 0. The smallest absolute Gasteiger partial charge is 0.306 e. The molecule has 0 atom stereocenters. The highest BCUT2D eigenvalue weighted by Crippen LogP contribution is 2.09. The molecule has 13 nitrogen and oxygen atoms in total. The summed E-state index contributed by atoms with van der Waals surface area (Å²) in [5.41, 5.74) is 0. The van der Waals surface area contributed by atoms with Crippen LogP contribution in [0.5, 0.6) is 0 Å². The van der Waals surface area contributed by atoms with Gasteiger partial charge in [-0.3, -0.25) is 24.0 Å². The number of thiol groups is 4. The molecule has 0 saturated heterocycles. The normalized spacial score (nSPS) is 11.0. The fourth-order valence-electron chi connectivity index (χ4n) is 3.79. The Kier molecular flexibility index (Phi) is 33.1. The lowest BCUT2D eigenvalue weighted by Crippen LogP contribution is -2.23. The second kappa shape index (κ2) is 34.1. The molecule has 0 rings (SSSR count). The number of ether oxygens (including phenoxy) is 8. The Hall–Kier alpha value is -1.37. The topological polar surface area (TPSA) is 159 Å². The van der Waals surface area contributed by atoms with Crippen molar-refractivity contribution < 1.29 is 61.9 Å². The van der Waals surface area contributed by atoms with E-state index in [1.807, 2.05) is 0 Å². The fourth-order valence-corrected chi connectivity index (χ4v) is 4.52. The van der Waals surface area contributed by atoms with E-state index in [0.717, 1.165) is 6.42 Å². The molecule has 0 amide bonds. The van der Waals surface area contributed by atoms with Crippen LogP contribution in [0.1, 0.15) is 77.0 Å². The van der Waals surface area contributed by atoms with Crippen LogP contribution >= 0.6 is 50.5 Å². The van der Waals surface area contributed by atoms with E-state index in [4.69, 9.17) is 37.9 Å². The van der Waals surface area contributed by atoms with Crippen molar-refractivity contribution in [2.45, 2.75) is 89.3 Å². The zero-order chi connectivity index (χ0) is 35.7. The average molecular weight is 763 g/mol. The van der Waals surface area contributed by atoms with E-state index in [1.165, 1.54) is 0 Å². The molecule has 0 aromatic carbocycles. The van der Waals surface area contributed by atoms with Crippen molar-refractivity contribution in [2.24, 2.45) is 0 Å². The molecular weight excluding hydrogens is 709 g/mol. The van der Waals surface area contributed by atoms with E-state index in [2.05, 4.69) is 50.5 Å². The van der Waals surface area contributed by atoms with Gasteiger partial charge in [0.2, 0.25) is 0 Å². The molecule has 0 heterocycles. The molecule has 0 aromatic rings. The minimum absolute atomic E-state index is 0.0268. The SMILES string of the molecule is O=C(CCS)OCCC(CCOC(=O)CCS)OCCOC(=O)CCCCCOCOC(CCOC(=O)CCS)CCOC(=O)CCS. The molecule has 0 aliphatic rings. The molecular formula is C31H54O13S4. The van der Waals surface area contributed by atoms with Crippen molar-refractivity contribution in [3.8, 4) is 0 Å². The third kappa shape index (κ3) is 30.7. The molecule has 0 unspecified atom stereocenters. The van der Waals surface area contributed by atoms with Crippen LogP contribution in [-0.2, 0) is 61.9 Å². The van der Waals surface area contributed by atoms with Gasteiger partial charge in [-0.25, -0.2) is 0 Å². The largest absolute Gasteiger partial charge is 0.466 e. The lowest BCUT2D eigenvalue weighted by molar-refractivity contribution is -0.149. The highest BCUT2D eigenvalue weighted by Gasteiger charge is 2.15. The van der Waals surface area contributed by atoms with Crippen LogP contribution in [0.25, 0.3) is 0 Å². The zero-order valence-electron chi connectivity index (χ0n) is 27.7. The number of carbonyl (C=O) groups excluding carboxylic acids is 5. The van der Waals surface area contributed by atoms with Gasteiger partial charge in [0.15, 0.2) is 0 Å². The van der Waals surface area contributed by atoms with Crippen molar-refractivity contribution in [1.82, 2.24) is 0 Å². The molecule has 48 heavy (non-hydrogen) atoms. The van der Waals surface area contributed by atoms with Gasteiger partial charge in [-0.2, -0.15) is 50.5 Å². The van der Waals surface area contributed by atoms with Gasteiger partial charge in [0.05, 0.1) is 70.9 Å². The first-order valence-corrected chi connectivity index (χ1v) is 18.8. The third-order valence-electron chi connectivity index (χ3n) is 6.33. The Bertz CT molecular complexity index is 818. The quantitative estimate of drug-likeness (QED) is 0.0252. The monoisotopic (exact) mass is 762 g/mol. The molecule has 0 fully saturated rings. The Labute approximate surface area is 306 Å². The molecule has 0 radical (unpaired) electrons. The van der Waals surface area contributed by atoms with Crippen molar-refractivity contribution in [3.63, 3.8) is 0 Å². The summed E-state index contributed by atoms with van der Waals surface area (Å²) in [5, 5.41) is 0. The second-order valence-electron chi connectivity index (χ2n) is 10.3. The molecule has 17 heteroatoms. The summed E-state index contributed by atoms with van der Waals surface area (Å²) < 4.78 is 43.0. The maximum absolute atomic E-state index is 12.1. The number of esters is 5. The minimum atomic E-state index is -0.350. The molecule has 0 spiro atoms. The highest BCUT2D eigenvalue weighted by atomic mass is 32.1. The molecule has 0 aromatic heterocycles. The first kappa shape index (κ1) is 46.6. The maximum Gasteiger partial charge on any atom is 0.306 e. The molecule has 0 aliphatic carbocycles. The Morgan fingerprint density at radius 1 is 0.396 bits per heavy atom. The summed E-state index contributed by atoms with van der Waals surface area (Å²) in [5.74, 6) is -0.0944. The van der Waals surface area contributed by atoms with Crippen LogP contribution in [0.15, 0.2) is 0 Å². The number of hydrogen-bond acceptors (Lipinski definition) is 17. The van der Waals surface area contributed by atoms with Gasteiger partial charge in [-0.1, -0.05) is 6.42 Å². The Morgan fingerprint density at radius 2 is 0.771 bits per heavy atom. The predicted octanol–water partition coefficient (Wildman–Crippen LogP) is 3.85. The van der Waals surface area contributed by atoms with Crippen molar-refractivity contribution in [3.05, 3.63) is 0 Å². The number of unbranched alkanes of at least 4 members (excludes halogenated alkanes) is 2. The van der Waals surface area contributed by atoms with Gasteiger partial charge >= 0.3 is 29.8 Å². The lowest BCUT2D eigenvalue weighted by Gasteiger charge is -2.18. The van der Waals surface area contributed by atoms with E-state index in [1.54, 1.807) is 0 Å². The van der Waals surface area contributed by atoms with Crippen LogP contribution in [-0.4, -0.2) is 118 Å². The molecule has 0 aliphatic heterocycles. The Balaban J connectivity index is 4.20. The molecule has 280 valence electrons. The van der Waals surface area contributed by atoms with Crippen LogP contribution in [0.4, 0.5) is 0 Å². The minimum Gasteiger partial charge on any atom is -0.466 e. The summed E-state index contributed by atoms with van der Waals surface area (Å²) in [6.45, 7) is 1.33. The van der Waals surface area contributed by atoms with Crippen LogP contribution in [0.2, 0.25) is 0 Å². The van der Waals surface area contributed by atoms with E-state index < -0.39 is 0 Å². The number of carbonyl (C=O) groups is 5. The van der Waals surface area contributed by atoms with E-state index >= 15 is 0 Å². The number of hydrogen-bond donors (Lipinski definition) is 4. The van der Waals surface area contributed by atoms with Gasteiger partial charge in [0.25, 0.3) is 0 Å². The van der Waals surface area contributed by atoms with Crippen LogP contribution in [0, 0.1) is 0 Å². The van der Waals surface area contributed by atoms with Gasteiger partial charge in [-0.05, 0) is 12.8 Å².